The number of ether oxygens (including phenoxy) is 1. The molecule has 2 aromatic rings. The largest absolute Gasteiger partial charge is 0.496 e. The molecule has 2 rings (SSSR count). The van der Waals surface area contributed by atoms with Gasteiger partial charge in [-0.3, -0.25) is 0 Å². The van der Waals surface area contributed by atoms with E-state index in [1.807, 2.05) is 19.1 Å². The Bertz CT molecular complexity index is 805. The molecule has 0 amide bonds. The third-order valence-electron chi connectivity index (χ3n) is 3.10. The standard InChI is InChI=1S/C16H15NO3S/c1-12-4-3-5-15(8-12)21(18,19)11-14-9-13(10-17)6-7-16(14)20-2/h3-9H,11H2,1-2H3. The van der Waals surface area contributed by atoms with Gasteiger partial charge in [0, 0.05) is 5.56 Å². The molecule has 0 saturated carbocycles. The van der Waals surface area contributed by atoms with E-state index in [2.05, 4.69) is 0 Å². The van der Waals surface area contributed by atoms with Gasteiger partial charge in [0.15, 0.2) is 9.84 Å². The molecule has 0 atom stereocenters. The normalized spacial score (nSPS) is 10.9. The number of rotatable bonds is 4. The lowest BCUT2D eigenvalue weighted by molar-refractivity contribution is 0.411. The van der Waals surface area contributed by atoms with Crippen molar-refractivity contribution in [3.63, 3.8) is 0 Å². The van der Waals surface area contributed by atoms with Crippen LogP contribution in [0.1, 0.15) is 16.7 Å². The molecule has 0 aliphatic rings. The first-order valence-corrected chi connectivity index (χ1v) is 7.98. The predicted octanol–water partition coefficient (Wildman–Crippen LogP) is 2.85. The van der Waals surface area contributed by atoms with Gasteiger partial charge in [0.25, 0.3) is 0 Å². The molecule has 0 heterocycles. The van der Waals surface area contributed by atoms with Crippen molar-refractivity contribution in [1.82, 2.24) is 0 Å². The van der Waals surface area contributed by atoms with Gasteiger partial charge in [-0.1, -0.05) is 12.1 Å². The highest BCUT2D eigenvalue weighted by Crippen LogP contribution is 2.25. The Labute approximate surface area is 124 Å². The van der Waals surface area contributed by atoms with Gasteiger partial charge < -0.3 is 4.74 Å². The summed E-state index contributed by atoms with van der Waals surface area (Å²) in [5, 5.41) is 8.94. The quantitative estimate of drug-likeness (QED) is 0.871. The van der Waals surface area contributed by atoms with Crippen LogP contribution in [-0.4, -0.2) is 15.5 Å². The second-order valence-corrected chi connectivity index (χ2v) is 6.70. The van der Waals surface area contributed by atoms with E-state index >= 15 is 0 Å². The zero-order valence-electron chi connectivity index (χ0n) is 11.8. The number of nitrogens with zero attached hydrogens (tertiary/aromatic N) is 1. The fourth-order valence-electron chi connectivity index (χ4n) is 2.06. The molecule has 5 heteroatoms. The Morgan fingerprint density at radius 3 is 2.57 bits per heavy atom. The van der Waals surface area contributed by atoms with Crippen molar-refractivity contribution < 1.29 is 13.2 Å². The molecule has 108 valence electrons. The highest BCUT2D eigenvalue weighted by Gasteiger charge is 2.18. The van der Waals surface area contributed by atoms with Gasteiger partial charge in [0.2, 0.25) is 0 Å². The number of benzene rings is 2. The maximum atomic E-state index is 12.5. The lowest BCUT2D eigenvalue weighted by Crippen LogP contribution is -2.06. The monoisotopic (exact) mass is 301 g/mol. The van der Waals surface area contributed by atoms with Crippen LogP contribution in [0.15, 0.2) is 47.4 Å². The van der Waals surface area contributed by atoms with Crippen LogP contribution in [0, 0.1) is 18.3 Å². The minimum atomic E-state index is -3.48. The van der Waals surface area contributed by atoms with Crippen LogP contribution in [0.3, 0.4) is 0 Å². The first-order valence-electron chi connectivity index (χ1n) is 6.33. The van der Waals surface area contributed by atoms with Crippen molar-refractivity contribution >= 4 is 9.84 Å². The zero-order chi connectivity index (χ0) is 15.5. The molecule has 0 aliphatic heterocycles. The van der Waals surface area contributed by atoms with Crippen molar-refractivity contribution in [3.8, 4) is 11.8 Å². The molecule has 0 aliphatic carbocycles. The molecule has 0 aromatic heterocycles. The van der Waals surface area contributed by atoms with Gasteiger partial charge in [0.05, 0.1) is 29.4 Å². The summed E-state index contributed by atoms with van der Waals surface area (Å²) in [6.45, 7) is 1.84. The average Bonchev–Trinajstić information content (AvgIpc) is 2.46. The molecular formula is C16H15NO3S. The number of nitriles is 1. The SMILES string of the molecule is COc1ccc(C#N)cc1CS(=O)(=O)c1cccc(C)c1. The minimum Gasteiger partial charge on any atom is -0.496 e. The van der Waals surface area contributed by atoms with Gasteiger partial charge in [-0.05, 0) is 42.8 Å². The number of aryl methyl sites for hydroxylation is 1. The summed E-state index contributed by atoms with van der Waals surface area (Å²) < 4.78 is 30.1. The van der Waals surface area contributed by atoms with Crippen LogP contribution in [0.5, 0.6) is 5.75 Å². The van der Waals surface area contributed by atoms with Crippen LogP contribution in [-0.2, 0) is 15.6 Å². The van der Waals surface area contributed by atoms with Crippen molar-refractivity contribution in [2.75, 3.05) is 7.11 Å². The summed E-state index contributed by atoms with van der Waals surface area (Å²) in [4.78, 5) is 0.270. The van der Waals surface area contributed by atoms with Crippen LogP contribution in [0.2, 0.25) is 0 Å². The number of sulfone groups is 1. The van der Waals surface area contributed by atoms with E-state index in [9.17, 15) is 8.42 Å². The van der Waals surface area contributed by atoms with Crippen molar-refractivity contribution in [3.05, 3.63) is 59.2 Å². The molecule has 0 radical (unpaired) electrons. The van der Waals surface area contributed by atoms with E-state index in [0.29, 0.717) is 16.9 Å². The van der Waals surface area contributed by atoms with Crippen molar-refractivity contribution in [2.24, 2.45) is 0 Å². The minimum absolute atomic E-state index is 0.199. The highest BCUT2D eigenvalue weighted by atomic mass is 32.2. The van der Waals surface area contributed by atoms with Crippen LogP contribution < -0.4 is 4.74 Å². The van der Waals surface area contributed by atoms with Crippen molar-refractivity contribution in [2.45, 2.75) is 17.6 Å². The van der Waals surface area contributed by atoms with Crippen molar-refractivity contribution in [1.29, 1.82) is 5.26 Å². The molecule has 2 aromatic carbocycles. The number of hydrogen-bond acceptors (Lipinski definition) is 4. The summed E-state index contributed by atoms with van der Waals surface area (Å²) in [7, 11) is -2.01. The fourth-order valence-corrected chi connectivity index (χ4v) is 3.51. The average molecular weight is 301 g/mol. The summed E-state index contributed by atoms with van der Waals surface area (Å²) in [6, 6.07) is 13.5. The summed E-state index contributed by atoms with van der Waals surface area (Å²) in [6.07, 6.45) is 0. The van der Waals surface area contributed by atoms with Gasteiger partial charge in [0.1, 0.15) is 5.75 Å². The smallest absolute Gasteiger partial charge is 0.182 e. The van der Waals surface area contributed by atoms with Crippen LogP contribution in [0.25, 0.3) is 0 Å². The molecule has 0 N–H and O–H groups in total. The molecule has 0 saturated heterocycles. The summed E-state index contributed by atoms with van der Waals surface area (Å²) in [5.74, 6) is 0.264. The lowest BCUT2D eigenvalue weighted by atomic mass is 10.1. The first-order chi connectivity index (χ1) is 9.96. The fraction of sp³-hybridized carbons (Fsp3) is 0.188. The maximum absolute atomic E-state index is 12.5. The Morgan fingerprint density at radius 2 is 1.95 bits per heavy atom. The summed E-state index contributed by atoms with van der Waals surface area (Å²) in [5.41, 5.74) is 1.78. The van der Waals surface area contributed by atoms with Gasteiger partial charge >= 0.3 is 0 Å². The molecule has 0 bridgehead atoms. The third kappa shape index (κ3) is 3.41. The van der Waals surface area contributed by atoms with E-state index in [1.165, 1.54) is 7.11 Å². The Kier molecular flexibility index (Phi) is 4.29. The van der Waals surface area contributed by atoms with E-state index in [1.54, 1.807) is 36.4 Å². The van der Waals surface area contributed by atoms with Gasteiger partial charge in [-0.25, -0.2) is 8.42 Å². The third-order valence-corrected chi connectivity index (χ3v) is 4.77. The second kappa shape index (κ2) is 5.98. The maximum Gasteiger partial charge on any atom is 0.182 e. The molecule has 4 nitrogen and oxygen atoms in total. The van der Waals surface area contributed by atoms with Gasteiger partial charge in [-0.15, -0.1) is 0 Å². The first kappa shape index (κ1) is 15.1. The second-order valence-electron chi connectivity index (χ2n) is 4.71. The molecule has 0 fully saturated rings. The van der Waals surface area contributed by atoms with E-state index in [-0.39, 0.29) is 10.6 Å². The van der Waals surface area contributed by atoms with E-state index in [0.717, 1.165) is 5.56 Å². The number of methoxy groups -OCH3 is 1. The Morgan fingerprint density at radius 1 is 1.19 bits per heavy atom. The van der Waals surface area contributed by atoms with E-state index in [4.69, 9.17) is 10.00 Å². The zero-order valence-corrected chi connectivity index (χ0v) is 12.6. The molecule has 0 unspecified atom stereocenters. The van der Waals surface area contributed by atoms with E-state index < -0.39 is 9.84 Å². The van der Waals surface area contributed by atoms with Gasteiger partial charge in [-0.2, -0.15) is 5.26 Å². The Balaban J connectivity index is 2.43. The topological polar surface area (TPSA) is 67.2 Å². The molecule has 21 heavy (non-hydrogen) atoms. The molecule has 0 spiro atoms. The predicted molar refractivity (Wildman–Crippen MR) is 79.8 cm³/mol. The molecular weight excluding hydrogens is 286 g/mol. The Hall–Kier alpha value is -2.32. The van der Waals surface area contributed by atoms with Crippen LogP contribution in [0.4, 0.5) is 0 Å². The highest BCUT2D eigenvalue weighted by molar-refractivity contribution is 7.90. The lowest BCUT2D eigenvalue weighted by Gasteiger charge is -2.10. The number of hydrogen-bond donors (Lipinski definition) is 0. The van der Waals surface area contributed by atoms with Crippen LogP contribution >= 0.6 is 0 Å². The summed E-state index contributed by atoms with van der Waals surface area (Å²) >= 11 is 0.